The van der Waals surface area contributed by atoms with Gasteiger partial charge in [0.25, 0.3) is 5.91 Å². The van der Waals surface area contributed by atoms with Crippen molar-refractivity contribution >= 4 is 29.2 Å². The minimum Gasteiger partial charge on any atom is -0.376 e. The number of carbonyl (C=O) groups is 1. The fraction of sp³-hybridized carbons (Fsp3) is 0.263. The van der Waals surface area contributed by atoms with Gasteiger partial charge in [-0.25, -0.2) is 9.38 Å². The summed E-state index contributed by atoms with van der Waals surface area (Å²) in [6.45, 7) is 1.14. The Morgan fingerprint density at radius 2 is 2.08 bits per heavy atom. The molecule has 26 heavy (non-hydrogen) atoms. The highest BCUT2D eigenvalue weighted by Crippen LogP contribution is 2.13. The van der Waals surface area contributed by atoms with Crippen molar-refractivity contribution in [1.29, 1.82) is 0 Å². The molecule has 1 atom stereocenters. The van der Waals surface area contributed by atoms with Gasteiger partial charge in [-0.05, 0) is 55.3 Å². The van der Waals surface area contributed by atoms with Crippen molar-refractivity contribution in [3.63, 3.8) is 0 Å². The standard InChI is InChI=1S/C19H19ClFN3O2/c20-14-8-6-13(7-9-14)18(25)24-19(22-12-17-5-2-10-26-17)23-16-4-1-3-15(21)11-16/h1,3-4,6-9,11,17H,2,5,10,12H2,(H2,22,23,24,25)/t17-/m0/s1. The van der Waals surface area contributed by atoms with Crippen LogP contribution in [0, 0.1) is 5.82 Å². The number of halogens is 2. The normalized spacial score (nSPS) is 17.2. The SMILES string of the molecule is O=C(NC(=NC[C@@H]1CCCO1)Nc1cccc(F)c1)c1ccc(Cl)cc1. The van der Waals surface area contributed by atoms with Gasteiger partial charge >= 0.3 is 0 Å². The average molecular weight is 376 g/mol. The summed E-state index contributed by atoms with van der Waals surface area (Å²) >= 11 is 5.85. The van der Waals surface area contributed by atoms with Gasteiger partial charge < -0.3 is 10.1 Å². The molecule has 1 heterocycles. The minimum absolute atomic E-state index is 0.0340. The number of guanidine groups is 1. The van der Waals surface area contributed by atoms with Gasteiger partial charge in [-0.2, -0.15) is 0 Å². The third-order valence-corrected chi connectivity index (χ3v) is 4.15. The van der Waals surface area contributed by atoms with E-state index in [0.29, 0.717) is 22.8 Å². The van der Waals surface area contributed by atoms with E-state index < -0.39 is 0 Å². The fourth-order valence-corrected chi connectivity index (χ4v) is 2.70. The van der Waals surface area contributed by atoms with Gasteiger partial charge in [-0.3, -0.25) is 10.1 Å². The molecule has 1 amide bonds. The van der Waals surface area contributed by atoms with Gasteiger partial charge in [-0.1, -0.05) is 17.7 Å². The summed E-state index contributed by atoms with van der Waals surface area (Å²) < 4.78 is 19.0. The first-order valence-electron chi connectivity index (χ1n) is 8.36. The van der Waals surface area contributed by atoms with Crippen LogP contribution in [0.1, 0.15) is 23.2 Å². The number of hydrogen-bond acceptors (Lipinski definition) is 3. The molecule has 2 aromatic carbocycles. The second-order valence-electron chi connectivity index (χ2n) is 5.92. The van der Waals surface area contributed by atoms with Gasteiger partial charge in [0.05, 0.1) is 12.6 Å². The lowest BCUT2D eigenvalue weighted by Gasteiger charge is -2.13. The van der Waals surface area contributed by atoms with Crippen LogP contribution in [0.25, 0.3) is 0 Å². The molecule has 3 rings (SSSR count). The smallest absolute Gasteiger partial charge is 0.257 e. The lowest BCUT2D eigenvalue weighted by Crippen LogP contribution is -2.36. The Balaban J connectivity index is 1.73. The molecule has 1 aliphatic heterocycles. The number of carbonyl (C=O) groups excluding carboxylic acids is 1. The topological polar surface area (TPSA) is 62.7 Å². The molecule has 7 heteroatoms. The maximum absolute atomic E-state index is 13.4. The maximum atomic E-state index is 13.4. The quantitative estimate of drug-likeness (QED) is 0.630. The van der Waals surface area contributed by atoms with E-state index in [0.717, 1.165) is 19.4 Å². The largest absolute Gasteiger partial charge is 0.376 e. The second kappa shape index (κ2) is 8.78. The number of nitrogens with one attached hydrogen (secondary N) is 2. The number of aliphatic imine (C=N–C) groups is 1. The molecule has 0 saturated carbocycles. The summed E-state index contributed by atoms with van der Waals surface area (Å²) in [6, 6.07) is 12.5. The molecular weight excluding hydrogens is 357 g/mol. The fourth-order valence-electron chi connectivity index (χ4n) is 2.58. The Morgan fingerprint density at radius 1 is 1.27 bits per heavy atom. The molecular formula is C19H19ClFN3O2. The van der Waals surface area contributed by atoms with E-state index in [2.05, 4.69) is 15.6 Å². The van der Waals surface area contributed by atoms with Crippen LogP contribution in [-0.2, 0) is 4.74 Å². The Morgan fingerprint density at radius 3 is 2.77 bits per heavy atom. The summed E-state index contributed by atoms with van der Waals surface area (Å²) in [5.41, 5.74) is 0.938. The summed E-state index contributed by atoms with van der Waals surface area (Å²) in [5, 5.41) is 6.22. The first-order valence-corrected chi connectivity index (χ1v) is 8.73. The third kappa shape index (κ3) is 5.28. The number of rotatable bonds is 4. The zero-order valence-corrected chi connectivity index (χ0v) is 14.8. The predicted octanol–water partition coefficient (Wildman–Crippen LogP) is 3.86. The van der Waals surface area contributed by atoms with Crippen molar-refractivity contribution in [2.24, 2.45) is 4.99 Å². The molecule has 1 aliphatic rings. The molecule has 136 valence electrons. The molecule has 2 N–H and O–H groups in total. The number of ether oxygens (including phenoxy) is 1. The van der Waals surface area contributed by atoms with Crippen LogP contribution < -0.4 is 10.6 Å². The summed E-state index contributed by atoms with van der Waals surface area (Å²) in [4.78, 5) is 16.9. The van der Waals surface area contributed by atoms with E-state index in [1.165, 1.54) is 12.1 Å². The number of hydrogen-bond donors (Lipinski definition) is 2. The van der Waals surface area contributed by atoms with Gasteiger partial charge in [0.15, 0.2) is 0 Å². The van der Waals surface area contributed by atoms with Gasteiger partial charge in [0.1, 0.15) is 5.82 Å². The van der Waals surface area contributed by atoms with Crippen LogP contribution in [0.2, 0.25) is 5.02 Å². The van der Waals surface area contributed by atoms with E-state index in [-0.39, 0.29) is 23.8 Å². The van der Waals surface area contributed by atoms with Crippen LogP contribution >= 0.6 is 11.6 Å². The van der Waals surface area contributed by atoms with Crippen molar-refractivity contribution in [3.8, 4) is 0 Å². The number of amides is 1. The lowest BCUT2D eigenvalue weighted by atomic mass is 10.2. The Kier molecular flexibility index (Phi) is 6.20. The maximum Gasteiger partial charge on any atom is 0.257 e. The zero-order valence-electron chi connectivity index (χ0n) is 14.0. The molecule has 0 radical (unpaired) electrons. The molecule has 0 bridgehead atoms. The van der Waals surface area contributed by atoms with Gasteiger partial charge in [0.2, 0.25) is 5.96 Å². The van der Waals surface area contributed by atoms with Crippen molar-refractivity contribution in [2.45, 2.75) is 18.9 Å². The van der Waals surface area contributed by atoms with Crippen molar-refractivity contribution in [2.75, 3.05) is 18.5 Å². The average Bonchev–Trinajstić information content (AvgIpc) is 3.14. The van der Waals surface area contributed by atoms with E-state index in [4.69, 9.17) is 16.3 Å². The predicted molar refractivity (Wildman–Crippen MR) is 100 cm³/mol. The van der Waals surface area contributed by atoms with Crippen LogP contribution in [0.5, 0.6) is 0 Å². The van der Waals surface area contributed by atoms with Gasteiger partial charge in [0, 0.05) is 22.9 Å². The van der Waals surface area contributed by atoms with E-state index in [1.807, 2.05) is 0 Å². The molecule has 0 unspecified atom stereocenters. The first-order chi connectivity index (χ1) is 12.6. The van der Waals surface area contributed by atoms with E-state index in [9.17, 15) is 9.18 Å². The van der Waals surface area contributed by atoms with E-state index >= 15 is 0 Å². The molecule has 5 nitrogen and oxygen atoms in total. The number of anilines is 1. The number of nitrogens with zero attached hydrogens (tertiary/aromatic N) is 1. The molecule has 0 aromatic heterocycles. The molecule has 1 saturated heterocycles. The Hall–Kier alpha value is -2.44. The third-order valence-electron chi connectivity index (χ3n) is 3.90. The zero-order chi connectivity index (χ0) is 18.4. The summed E-state index contributed by atoms with van der Waals surface area (Å²) in [7, 11) is 0. The van der Waals surface area contributed by atoms with Crippen LogP contribution in [-0.4, -0.2) is 31.1 Å². The molecule has 1 fully saturated rings. The van der Waals surface area contributed by atoms with Crippen molar-refractivity contribution in [1.82, 2.24) is 5.32 Å². The minimum atomic E-state index is -0.377. The van der Waals surface area contributed by atoms with Crippen LogP contribution in [0.4, 0.5) is 10.1 Å². The lowest BCUT2D eigenvalue weighted by molar-refractivity contribution is 0.0975. The van der Waals surface area contributed by atoms with Crippen molar-refractivity contribution < 1.29 is 13.9 Å². The molecule has 0 spiro atoms. The van der Waals surface area contributed by atoms with Crippen LogP contribution in [0.3, 0.4) is 0 Å². The Labute approximate surface area is 156 Å². The number of benzene rings is 2. The molecule has 2 aromatic rings. The Bertz CT molecular complexity index is 790. The van der Waals surface area contributed by atoms with E-state index in [1.54, 1.807) is 36.4 Å². The summed E-state index contributed by atoms with van der Waals surface area (Å²) in [5.74, 6) is -0.472. The van der Waals surface area contributed by atoms with Crippen LogP contribution in [0.15, 0.2) is 53.5 Å². The molecule has 0 aliphatic carbocycles. The van der Waals surface area contributed by atoms with Crippen molar-refractivity contribution in [3.05, 3.63) is 64.9 Å². The summed E-state index contributed by atoms with van der Waals surface area (Å²) in [6.07, 6.45) is 1.97. The highest BCUT2D eigenvalue weighted by molar-refractivity contribution is 6.30. The highest BCUT2D eigenvalue weighted by Gasteiger charge is 2.16. The first kappa shape index (κ1) is 18.4. The highest BCUT2D eigenvalue weighted by atomic mass is 35.5. The monoisotopic (exact) mass is 375 g/mol. The second-order valence-corrected chi connectivity index (χ2v) is 6.36. The van der Waals surface area contributed by atoms with Gasteiger partial charge in [-0.15, -0.1) is 0 Å².